The average molecular weight is 301 g/mol. The molecule has 0 bridgehead atoms. The van der Waals surface area contributed by atoms with E-state index in [2.05, 4.69) is 15.5 Å². The van der Waals surface area contributed by atoms with Crippen molar-refractivity contribution in [3.8, 4) is 0 Å². The second kappa shape index (κ2) is 6.81. The maximum Gasteiger partial charge on any atom is 0.243 e. The molecule has 1 saturated carbocycles. The standard InChI is InChI=1S/C17H23N3O2/c21-16(12-18-17(22)13-8-9-13)19-14-6-2-3-7-15(14)20-10-4-1-5-11-20/h2-3,6-7,13H,1,4-5,8-12H2,(H,18,22)(H,19,21). The summed E-state index contributed by atoms with van der Waals surface area (Å²) >= 11 is 0. The van der Waals surface area contributed by atoms with Crippen LogP contribution >= 0.6 is 0 Å². The van der Waals surface area contributed by atoms with Crippen molar-refractivity contribution >= 4 is 23.2 Å². The number of nitrogens with zero attached hydrogens (tertiary/aromatic N) is 1. The lowest BCUT2D eigenvalue weighted by Gasteiger charge is -2.30. The number of nitrogens with one attached hydrogen (secondary N) is 2. The van der Waals surface area contributed by atoms with E-state index in [0.29, 0.717) is 0 Å². The predicted octanol–water partition coefficient (Wildman–Crippen LogP) is 2.14. The van der Waals surface area contributed by atoms with Crippen LogP contribution in [0, 0.1) is 5.92 Å². The SMILES string of the molecule is O=C(CNC(=O)C1CC1)Nc1ccccc1N1CCCCC1. The number of hydrogen-bond acceptors (Lipinski definition) is 3. The van der Waals surface area contributed by atoms with E-state index in [1.807, 2.05) is 24.3 Å². The summed E-state index contributed by atoms with van der Waals surface area (Å²) in [4.78, 5) is 25.9. The van der Waals surface area contributed by atoms with Gasteiger partial charge in [0.15, 0.2) is 0 Å². The molecule has 5 nitrogen and oxygen atoms in total. The molecule has 2 fully saturated rings. The average Bonchev–Trinajstić information content (AvgIpc) is 3.39. The van der Waals surface area contributed by atoms with Crippen molar-refractivity contribution in [3.05, 3.63) is 24.3 Å². The summed E-state index contributed by atoms with van der Waals surface area (Å²) in [6, 6.07) is 7.88. The number of carbonyl (C=O) groups excluding carboxylic acids is 2. The van der Waals surface area contributed by atoms with Gasteiger partial charge in [0, 0.05) is 19.0 Å². The first-order valence-corrected chi connectivity index (χ1v) is 8.15. The molecule has 1 aromatic rings. The fraction of sp³-hybridized carbons (Fsp3) is 0.529. The first-order valence-electron chi connectivity index (χ1n) is 8.15. The monoisotopic (exact) mass is 301 g/mol. The van der Waals surface area contributed by atoms with E-state index in [1.54, 1.807) is 0 Å². The van der Waals surface area contributed by atoms with Crippen molar-refractivity contribution < 1.29 is 9.59 Å². The minimum absolute atomic E-state index is 0.000495. The lowest BCUT2D eigenvalue weighted by molar-refractivity contribution is -0.125. The van der Waals surface area contributed by atoms with E-state index in [9.17, 15) is 9.59 Å². The number of amides is 2. The predicted molar refractivity (Wildman–Crippen MR) is 86.9 cm³/mol. The van der Waals surface area contributed by atoms with Gasteiger partial charge < -0.3 is 15.5 Å². The minimum atomic E-state index is -0.168. The van der Waals surface area contributed by atoms with Crippen LogP contribution in [-0.2, 0) is 9.59 Å². The van der Waals surface area contributed by atoms with Crippen molar-refractivity contribution in [2.24, 2.45) is 5.92 Å². The molecule has 2 amide bonds. The molecule has 0 radical (unpaired) electrons. The van der Waals surface area contributed by atoms with Crippen molar-refractivity contribution in [1.29, 1.82) is 0 Å². The number of hydrogen-bond donors (Lipinski definition) is 2. The number of piperidine rings is 1. The van der Waals surface area contributed by atoms with Crippen LogP contribution in [0.4, 0.5) is 11.4 Å². The third-order valence-electron chi connectivity index (χ3n) is 4.25. The summed E-state index contributed by atoms with van der Waals surface area (Å²) in [6.07, 6.45) is 5.56. The number of anilines is 2. The number of benzene rings is 1. The van der Waals surface area contributed by atoms with E-state index in [0.717, 1.165) is 37.3 Å². The highest BCUT2D eigenvalue weighted by Crippen LogP contribution is 2.29. The number of carbonyl (C=O) groups is 2. The van der Waals surface area contributed by atoms with Crippen molar-refractivity contribution in [3.63, 3.8) is 0 Å². The topological polar surface area (TPSA) is 61.4 Å². The zero-order valence-electron chi connectivity index (χ0n) is 12.8. The molecule has 1 aliphatic carbocycles. The third-order valence-corrected chi connectivity index (χ3v) is 4.25. The van der Waals surface area contributed by atoms with Gasteiger partial charge in [-0.1, -0.05) is 12.1 Å². The maximum absolute atomic E-state index is 12.1. The Kier molecular flexibility index (Phi) is 4.61. The van der Waals surface area contributed by atoms with Gasteiger partial charge in [-0.3, -0.25) is 9.59 Å². The van der Waals surface area contributed by atoms with Gasteiger partial charge in [0.25, 0.3) is 0 Å². The summed E-state index contributed by atoms with van der Waals surface area (Å²) < 4.78 is 0. The zero-order chi connectivity index (χ0) is 15.4. The highest BCUT2D eigenvalue weighted by atomic mass is 16.2. The van der Waals surface area contributed by atoms with E-state index in [4.69, 9.17) is 0 Å². The molecule has 0 atom stereocenters. The molecular weight excluding hydrogens is 278 g/mol. The van der Waals surface area contributed by atoms with Crippen LogP contribution in [0.1, 0.15) is 32.1 Å². The first kappa shape index (κ1) is 14.9. The third kappa shape index (κ3) is 3.78. The highest BCUT2D eigenvalue weighted by molar-refractivity contribution is 5.97. The van der Waals surface area contributed by atoms with Crippen molar-refractivity contribution in [2.75, 3.05) is 29.9 Å². The fourth-order valence-corrected chi connectivity index (χ4v) is 2.84. The fourth-order valence-electron chi connectivity index (χ4n) is 2.84. The molecule has 1 heterocycles. The Morgan fingerprint density at radius 2 is 1.82 bits per heavy atom. The van der Waals surface area contributed by atoms with Gasteiger partial charge in [-0.25, -0.2) is 0 Å². The van der Waals surface area contributed by atoms with Crippen LogP contribution in [0.15, 0.2) is 24.3 Å². The Labute approximate surface area is 131 Å². The molecule has 1 saturated heterocycles. The van der Waals surface area contributed by atoms with Crippen molar-refractivity contribution in [1.82, 2.24) is 5.32 Å². The quantitative estimate of drug-likeness (QED) is 0.876. The zero-order valence-corrected chi connectivity index (χ0v) is 12.8. The molecule has 118 valence electrons. The molecule has 5 heteroatoms. The van der Waals surface area contributed by atoms with Crippen LogP contribution in [0.25, 0.3) is 0 Å². The summed E-state index contributed by atoms with van der Waals surface area (Å²) in [5, 5.41) is 5.63. The van der Waals surface area contributed by atoms with Crippen LogP contribution in [0.3, 0.4) is 0 Å². The second-order valence-electron chi connectivity index (χ2n) is 6.11. The second-order valence-corrected chi connectivity index (χ2v) is 6.11. The maximum atomic E-state index is 12.1. The number of para-hydroxylation sites is 2. The molecule has 0 aromatic heterocycles. The van der Waals surface area contributed by atoms with Crippen LogP contribution in [-0.4, -0.2) is 31.4 Å². The van der Waals surface area contributed by atoms with Crippen LogP contribution in [0.2, 0.25) is 0 Å². The molecule has 1 aromatic carbocycles. The molecule has 1 aliphatic heterocycles. The normalized spacial score (nSPS) is 17.9. The van der Waals surface area contributed by atoms with Crippen LogP contribution in [0.5, 0.6) is 0 Å². The molecule has 0 unspecified atom stereocenters. The van der Waals surface area contributed by atoms with Crippen molar-refractivity contribution in [2.45, 2.75) is 32.1 Å². The largest absolute Gasteiger partial charge is 0.370 e. The Morgan fingerprint density at radius 3 is 2.55 bits per heavy atom. The minimum Gasteiger partial charge on any atom is -0.370 e. The van der Waals surface area contributed by atoms with Gasteiger partial charge in [0.1, 0.15) is 0 Å². The number of rotatable bonds is 5. The molecule has 2 N–H and O–H groups in total. The molecule has 0 spiro atoms. The van der Waals surface area contributed by atoms with E-state index < -0.39 is 0 Å². The molecule has 2 aliphatic rings. The van der Waals surface area contributed by atoms with E-state index in [-0.39, 0.29) is 24.3 Å². The van der Waals surface area contributed by atoms with E-state index in [1.165, 1.54) is 19.3 Å². The van der Waals surface area contributed by atoms with E-state index >= 15 is 0 Å². The Bertz CT molecular complexity index is 549. The highest BCUT2D eigenvalue weighted by Gasteiger charge is 2.29. The van der Waals surface area contributed by atoms with Gasteiger partial charge in [-0.15, -0.1) is 0 Å². The molecule has 3 rings (SSSR count). The summed E-state index contributed by atoms with van der Waals surface area (Å²) in [7, 11) is 0. The smallest absolute Gasteiger partial charge is 0.243 e. The Balaban J connectivity index is 1.58. The van der Waals surface area contributed by atoms with Crippen LogP contribution < -0.4 is 15.5 Å². The first-order chi connectivity index (χ1) is 10.7. The molecule has 22 heavy (non-hydrogen) atoms. The lowest BCUT2D eigenvalue weighted by Crippen LogP contribution is -2.34. The van der Waals surface area contributed by atoms with Gasteiger partial charge in [-0.05, 0) is 44.2 Å². The molecular formula is C17H23N3O2. The van der Waals surface area contributed by atoms with Gasteiger partial charge in [0.05, 0.1) is 17.9 Å². The van der Waals surface area contributed by atoms with Gasteiger partial charge in [0.2, 0.25) is 11.8 Å². The van der Waals surface area contributed by atoms with Gasteiger partial charge >= 0.3 is 0 Å². The van der Waals surface area contributed by atoms with Gasteiger partial charge in [-0.2, -0.15) is 0 Å². The lowest BCUT2D eigenvalue weighted by atomic mass is 10.1. The summed E-state index contributed by atoms with van der Waals surface area (Å²) in [5.74, 6) is -0.0358. The summed E-state index contributed by atoms with van der Waals surface area (Å²) in [6.45, 7) is 2.11. The summed E-state index contributed by atoms with van der Waals surface area (Å²) in [5.41, 5.74) is 1.90. The Morgan fingerprint density at radius 1 is 1.09 bits per heavy atom. The Hall–Kier alpha value is -2.04.